The predicted octanol–water partition coefficient (Wildman–Crippen LogP) is 1.25. The van der Waals surface area contributed by atoms with E-state index in [0.29, 0.717) is 6.04 Å². The summed E-state index contributed by atoms with van der Waals surface area (Å²) in [6.07, 6.45) is 3.77. The summed E-state index contributed by atoms with van der Waals surface area (Å²) >= 11 is 3.45. The van der Waals surface area contributed by atoms with Crippen molar-refractivity contribution < 1.29 is 0 Å². The number of hydrogen-bond donors (Lipinski definition) is 1. The van der Waals surface area contributed by atoms with E-state index in [-0.39, 0.29) is 0 Å². The molecule has 14 heavy (non-hydrogen) atoms. The smallest absolute Gasteiger partial charge is 0.0567 e. The molecule has 0 bridgehead atoms. The molecule has 2 atom stereocenters. The second-order valence-electron chi connectivity index (χ2n) is 4.00. The van der Waals surface area contributed by atoms with Gasteiger partial charge in [0, 0.05) is 42.3 Å². The van der Waals surface area contributed by atoms with Crippen LogP contribution in [0.5, 0.6) is 0 Å². The highest BCUT2D eigenvalue weighted by Gasteiger charge is 2.42. The molecule has 74 valence electrons. The fourth-order valence-electron chi connectivity index (χ4n) is 2.37. The maximum atomic E-state index is 4.19. The predicted molar refractivity (Wildman–Crippen MR) is 59.4 cm³/mol. The van der Waals surface area contributed by atoms with Crippen molar-refractivity contribution in [2.75, 3.05) is 24.5 Å². The van der Waals surface area contributed by atoms with Gasteiger partial charge in [-0.25, -0.2) is 0 Å². The highest BCUT2D eigenvalue weighted by atomic mass is 79.9. The average molecular weight is 254 g/mol. The zero-order valence-electron chi connectivity index (χ0n) is 7.78. The van der Waals surface area contributed by atoms with Crippen molar-refractivity contribution in [2.45, 2.75) is 6.04 Å². The summed E-state index contributed by atoms with van der Waals surface area (Å²) in [5.41, 5.74) is 1.24. The number of nitrogens with one attached hydrogen (secondary N) is 1. The molecule has 3 rings (SSSR count). The van der Waals surface area contributed by atoms with Gasteiger partial charge in [-0.3, -0.25) is 4.98 Å². The second kappa shape index (κ2) is 3.21. The molecule has 0 aromatic carbocycles. The summed E-state index contributed by atoms with van der Waals surface area (Å²) in [6, 6.07) is 2.84. The minimum Gasteiger partial charge on any atom is -0.365 e. The van der Waals surface area contributed by atoms with Crippen LogP contribution in [-0.2, 0) is 0 Å². The first-order chi connectivity index (χ1) is 6.84. The van der Waals surface area contributed by atoms with E-state index in [1.807, 2.05) is 12.4 Å². The van der Waals surface area contributed by atoms with Crippen molar-refractivity contribution in [3.63, 3.8) is 0 Å². The van der Waals surface area contributed by atoms with Gasteiger partial charge in [0.2, 0.25) is 0 Å². The Kier molecular flexibility index (Phi) is 1.99. The van der Waals surface area contributed by atoms with Crippen molar-refractivity contribution in [3.05, 3.63) is 22.9 Å². The SMILES string of the molecule is Brc1cncc(N2C[C@H]3CNC[C@H]32)c1. The Bertz CT molecular complexity index is 355. The molecule has 3 nitrogen and oxygen atoms in total. The van der Waals surface area contributed by atoms with Crippen LogP contribution in [0.1, 0.15) is 0 Å². The molecular weight excluding hydrogens is 242 g/mol. The minimum atomic E-state index is 0.700. The summed E-state index contributed by atoms with van der Waals surface area (Å²) in [5, 5.41) is 3.42. The first kappa shape index (κ1) is 8.68. The van der Waals surface area contributed by atoms with Crippen LogP contribution in [0, 0.1) is 5.92 Å². The molecule has 0 radical (unpaired) electrons. The van der Waals surface area contributed by atoms with Crippen molar-refractivity contribution in [1.29, 1.82) is 0 Å². The molecule has 0 unspecified atom stereocenters. The fourth-order valence-corrected chi connectivity index (χ4v) is 2.73. The first-order valence-electron chi connectivity index (χ1n) is 4.92. The van der Waals surface area contributed by atoms with Crippen molar-refractivity contribution in [2.24, 2.45) is 5.92 Å². The van der Waals surface area contributed by atoms with E-state index >= 15 is 0 Å². The first-order valence-corrected chi connectivity index (χ1v) is 5.72. The van der Waals surface area contributed by atoms with Gasteiger partial charge in [-0.15, -0.1) is 0 Å². The van der Waals surface area contributed by atoms with Crippen LogP contribution in [0.15, 0.2) is 22.9 Å². The van der Waals surface area contributed by atoms with Crippen LogP contribution in [0.4, 0.5) is 5.69 Å². The zero-order chi connectivity index (χ0) is 9.54. The molecule has 0 saturated carbocycles. The molecule has 2 aliphatic heterocycles. The largest absolute Gasteiger partial charge is 0.365 e. The fraction of sp³-hybridized carbons (Fsp3) is 0.500. The normalized spacial score (nSPS) is 29.9. The molecule has 0 amide bonds. The zero-order valence-corrected chi connectivity index (χ0v) is 9.37. The molecule has 2 saturated heterocycles. The van der Waals surface area contributed by atoms with E-state index in [2.05, 4.69) is 37.2 Å². The number of anilines is 1. The third-order valence-electron chi connectivity index (χ3n) is 3.16. The molecule has 2 aliphatic rings. The number of pyridine rings is 1. The van der Waals surface area contributed by atoms with E-state index in [9.17, 15) is 0 Å². The number of fused-ring (bicyclic) bond motifs is 1. The van der Waals surface area contributed by atoms with Gasteiger partial charge in [0.1, 0.15) is 0 Å². The Morgan fingerprint density at radius 3 is 3.14 bits per heavy atom. The molecule has 0 spiro atoms. The van der Waals surface area contributed by atoms with Gasteiger partial charge in [0.15, 0.2) is 0 Å². The van der Waals surface area contributed by atoms with Crippen LogP contribution in [0.3, 0.4) is 0 Å². The van der Waals surface area contributed by atoms with Crippen LogP contribution in [0.2, 0.25) is 0 Å². The van der Waals surface area contributed by atoms with Gasteiger partial charge >= 0.3 is 0 Å². The van der Waals surface area contributed by atoms with Crippen LogP contribution in [-0.4, -0.2) is 30.7 Å². The van der Waals surface area contributed by atoms with E-state index in [4.69, 9.17) is 0 Å². The molecule has 2 fully saturated rings. The minimum absolute atomic E-state index is 0.700. The Balaban J connectivity index is 1.83. The number of rotatable bonds is 1. The molecule has 1 aromatic heterocycles. The number of aromatic nitrogens is 1. The number of hydrogen-bond acceptors (Lipinski definition) is 3. The second-order valence-corrected chi connectivity index (χ2v) is 4.92. The van der Waals surface area contributed by atoms with E-state index in [1.54, 1.807) is 0 Å². The summed E-state index contributed by atoms with van der Waals surface area (Å²) in [7, 11) is 0. The monoisotopic (exact) mass is 253 g/mol. The molecule has 0 aliphatic carbocycles. The Labute approximate surface area is 91.6 Å². The lowest BCUT2D eigenvalue weighted by Gasteiger charge is -2.45. The number of halogens is 1. The summed E-state index contributed by atoms with van der Waals surface area (Å²) < 4.78 is 1.06. The lowest BCUT2D eigenvalue weighted by atomic mass is 9.91. The third kappa shape index (κ3) is 1.25. The van der Waals surface area contributed by atoms with Crippen molar-refractivity contribution >= 4 is 21.6 Å². The van der Waals surface area contributed by atoms with Gasteiger partial charge in [0.25, 0.3) is 0 Å². The lowest BCUT2D eigenvalue weighted by Crippen LogP contribution is -2.55. The summed E-state index contributed by atoms with van der Waals surface area (Å²) in [4.78, 5) is 6.63. The molecule has 1 N–H and O–H groups in total. The Morgan fingerprint density at radius 2 is 2.36 bits per heavy atom. The average Bonchev–Trinajstić information content (AvgIpc) is 2.48. The van der Waals surface area contributed by atoms with Gasteiger partial charge in [0.05, 0.1) is 11.9 Å². The molecular formula is C10H12BrN3. The lowest BCUT2D eigenvalue weighted by molar-refractivity contribution is 0.365. The van der Waals surface area contributed by atoms with Crippen LogP contribution >= 0.6 is 15.9 Å². The van der Waals surface area contributed by atoms with Gasteiger partial charge in [-0.1, -0.05) is 0 Å². The van der Waals surface area contributed by atoms with Crippen LogP contribution in [0.25, 0.3) is 0 Å². The third-order valence-corrected chi connectivity index (χ3v) is 3.59. The Hall–Kier alpha value is -0.610. The maximum absolute atomic E-state index is 4.19. The topological polar surface area (TPSA) is 28.2 Å². The Morgan fingerprint density at radius 1 is 1.43 bits per heavy atom. The van der Waals surface area contributed by atoms with Crippen molar-refractivity contribution in [3.8, 4) is 0 Å². The quantitative estimate of drug-likeness (QED) is 0.817. The molecule has 3 heterocycles. The van der Waals surface area contributed by atoms with Crippen molar-refractivity contribution in [1.82, 2.24) is 10.3 Å². The standard InChI is InChI=1S/C10H12BrN3/c11-8-1-9(4-13-3-8)14-6-7-2-12-5-10(7)14/h1,3-4,7,10,12H,2,5-6H2/t7-,10-/m1/s1. The molecule has 4 heteroatoms. The summed E-state index contributed by atoms with van der Waals surface area (Å²) in [6.45, 7) is 3.48. The number of nitrogens with zero attached hydrogens (tertiary/aromatic N) is 2. The highest BCUT2D eigenvalue weighted by molar-refractivity contribution is 9.10. The van der Waals surface area contributed by atoms with E-state index < -0.39 is 0 Å². The summed E-state index contributed by atoms with van der Waals surface area (Å²) in [5.74, 6) is 0.856. The molecule has 1 aromatic rings. The van der Waals surface area contributed by atoms with Gasteiger partial charge in [-0.05, 0) is 22.0 Å². The van der Waals surface area contributed by atoms with Gasteiger partial charge in [-0.2, -0.15) is 0 Å². The maximum Gasteiger partial charge on any atom is 0.0567 e. The highest BCUT2D eigenvalue weighted by Crippen LogP contribution is 2.33. The van der Waals surface area contributed by atoms with E-state index in [0.717, 1.165) is 16.9 Å². The van der Waals surface area contributed by atoms with E-state index in [1.165, 1.54) is 18.8 Å². The van der Waals surface area contributed by atoms with Gasteiger partial charge < -0.3 is 10.2 Å². The van der Waals surface area contributed by atoms with Crippen LogP contribution < -0.4 is 10.2 Å².